The van der Waals surface area contributed by atoms with E-state index in [1.807, 2.05) is 28.8 Å². The molecule has 1 fully saturated rings. The van der Waals surface area contributed by atoms with E-state index in [0.717, 1.165) is 29.6 Å². The van der Waals surface area contributed by atoms with Crippen molar-refractivity contribution in [1.29, 1.82) is 0 Å². The van der Waals surface area contributed by atoms with Crippen LogP contribution in [0, 0.1) is 0 Å². The first-order chi connectivity index (χ1) is 12.5. The fourth-order valence-electron chi connectivity index (χ4n) is 3.80. The zero-order valence-electron chi connectivity index (χ0n) is 15.0. The highest BCUT2D eigenvalue weighted by Crippen LogP contribution is 2.31. The molecule has 4 rings (SSSR count). The molecule has 0 amide bonds. The lowest BCUT2D eigenvalue weighted by Crippen LogP contribution is -2.24. The number of nitrogens with zero attached hydrogens (tertiary/aromatic N) is 3. The molecule has 2 aromatic heterocycles. The van der Waals surface area contributed by atoms with Crippen LogP contribution in [0.4, 0.5) is 11.5 Å². The third kappa shape index (κ3) is 2.81. The molecule has 3 aromatic rings. The van der Waals surface area contributed by atoms with Crippen molar-refractivity contribution in [3.8, 4) is 0 Å². The minimum Gasteiger partial charge on any atom is -0.340 e. The predicted molar refractivity (Wildman–Crippen MR) is 102 cm³/mol. The Balaban J connectivity index is 1.75. The van der Waals surface area contributed by atoms with Gasteiger partial charge in [-0.15, -0.1) is 0 Å². The number of pyridine rings is 1. The highest BCUT2D eigenvalue weighted by Gasteiger charge is 2.23. The van der Waals surface area contributed by atoms with E-state index < -0.39 is 0 Å². The monoisotopic (exact) mass is 350 g/mol. The van der Waals surface area contributed by atoms with Gasteiger partial charge < -0.3 is 5.32 Å². The number of hydrogen-bond donors (Lipinski definition) is 1. The van der Waals surface area contributed by atoms with E-state index >= 15 is 0 Å². The third-order valence-electron chi connectivity index (χ3n) is 5.21. The van der Waals surface area contributed by atoms with Crippen LogP contribution in [0.15, 0.2) is 41.3 Å². The van der Waals surface area contributed by atoms with Crippen LogP contribution in [-0.4, -0.2) is 19.9 Å². The fourth-order valence-corrected chi connectivity index (χ4v) is 3.80. The fraction of sp³-hybridized carbons (Fsp3) is 0.350. The van der Waals surface area contributed by atoms with Crippen LogP contribution in [0.3, 0.4) is 0 Å². The quantitative estimate of drug-likeness (QED) is 0.727. The molecule has 6 nitrogen and oxygen atoms in total. The average Bonchev–Trinajstić information content (AvgIpc) is 3.23. The Morgan fingerprint density at radius 2 is 1.96 bits per heavy atom. The zero-order chi connectivity index (χ0) is 18.3. The van der Waals surface area contributed by atoms with Crippen molar-refractivity contribution in [1.82, 2.24) is 14.1 Å². The van der Waals surface area contributed by atoms with Gasteiger partial charge in [0, 0.05) is 30.4 Å². The molecule has 1 aliphatic rings. The number of Topliss-reactive ketones (excluding diaryl/α,β-unsaturated/α-hetero) is 1. The van der Waals surface area contributed by atoms with Crippen molar-refractivity contribution in [2.75, 3.05) is 5.32 Å². The Hall–Kier alpha value is -2.89. The minimum atomic E-state index is 0.0180. The Morgan fingerprint density at radius 3 is 2.69 bits per heavy atom. The largest absolute Gasteiger partial charge is 0.340 e. The Kier molecular flexibility index (Phi) is 4.11. The number of rotatable bonds is 4. The molecule has 0 atom stereocenters. The van der Waals surface area contributed by atoms with Crippen LogP contribution < -0.4 is 11.0 Å². The summed E-state index contributed by atoms with van der Waals surface area (Å²) >= 11 is 0. The van der Waals surface area contributed by atoms with Gasteiger partial charge in [0.1, 0.15) is 5.82 Å². The number of aromatic nitrogens is 3. The molecule has 0 bridgehead atoms. The van der Waals surface area contributed by atoms with Gasteiger partial charge in [-0.05, 0) is 31.9 Å². The van der Waals surface area contributed by atoms with Gasteiger partial charge >= 0.3 is 5.69 Å². The number of fused-ring (bicyclic) bond motifs is 1. The van der Waals surface area contributed by atoms with E-state index in [1.165, 1.54) is 12.8 Å². The molecule has 26 heavy (non-hydrogen) atoms. The number of nitrogens with one attached hydrogen (secondary N) is 1. The Morgan fingerprint density at radius 1 is 1.19 bits per heavy atom. The molecule has 0 spiro atoms. The molecule has 0 saturated heterocycles. The number of ketones is 1. The summed E-state index contributed by atoms with van der Waals surface area (Å²) in [4.78, 5) is 28.7. The highest BCUT2D eigenvalue weighted by molar-refractivity contribution is 5.95. The van der Waals surface area contributed by atoms with Crippen molar-refractivity contribution in [3.63, 3.8) is 0 Å². The summed E-state index contributed by atoms with van der Waals surface area (Å²) in [5, 5.41) is 3.25. The van der Waals surface area contributed by atoms with Crippen LogP contribution in [0.2, 0.25) is 0 Å². The van der Waals surface area contributed by atoms with Gasteiger partial charge in [0.05, 0.1) is 17.2 Å². The van der Waals surface area contributed by atoms with Crippen LogP contribution in [0.1, 0.15) is 49.0 Å². The number of carbonyl (C=O) groups is 1. The third-order valence-corrected chi connectivity index (χ3v) is 5.21. The number of benzene rings is 1. The van der Waals surface area contributed by atoms with Crippen molar-refractivity contribution >= 4 is 28.3 Å². The summed E-state index contributed by atoms with van der Waals surface area (Å²) in [7, 11) is 1.79. The van der Waals surface area contributed by atoms with Crippen molar-refractivity contribution < 1.29 is 4.79 Å². The summed E-state index contributed by atoms with van der Waals surface area (Å²) in [6, 6.07) is 9.53. The Labute approximate surface area is 151 Å². The average molecular weight is 350 g/mol. The molecule has 0 radical (unpaired) electrons. The lowest BCUT2D eigenvalue weighted by Gasteiger charge is -2.12. The van der Waals surface area contributed by atoms with Gasteiger partial charge in [-0.2, -0.15) is 0 Å². The van der Waals surface area contributed by atoms with Crippen LogP contribution in [0.5, 0.6) is 0 Å². The normalized spacial score (nSPS) is 14.8. The molecule has 0 unspecified atom stereocenters. The number of aryl methyl sites for hydroxylation is 1. The lowest BCUT2D eigenvalue weighted by atomic mass is 10.1. The van der Waals surface area contributed by atoms with Gasteiger partial charge in [-0.25, -0.2) is 9.78 Å². The predicted octanol–water partition coefficient (Wildman–Crippen LogP) is 3.80. The van der Waals surface area contributed by atoms with Gasteiger partial charge in [0.25, 0.3) is 0 Å². The number of imidazole rings is 1. The minimum absolute atomic E-state index is 0.0180. The number of carbonyl (C=O) groups excluding carboxylic acids is 1. The van der Waals surface area contributed by atoms with E-state index in [9.17, 15) is 9.59 Å². The van der Waals surface area contributed by atoms with E-state index in [4.69, 9.17) is 0 Å². The van der Waals surface area contributed by atoms with Crippen LogP contribution in [-0.2, 0) is 7.05 Å². The van der Waals surface area contributed by atoms with E-state index in [1.54, 1.807) is 30.8 Å². The van der Waals surface area contributed by atoms with Gasteiger partial charge in [-0.1, -0.05) is 25.0 Å². The van der Waals surface area contributed by atoms with Crippen molar-refractivity contribution in [3.05, 3.63) is 52.6 Å². The summed E-state index contributed by atoms with van der Waals surface area (Å²) < 4.78 is 3.59. The van der Waals surface area contributed by atoms with Gasteiger partial charge in [-0.3, -0.25) is 13.9 Å². The lowest BCUT2D eigenvalue weighted by molar-refractivity contribution is 0.101. The topological polar surface area (TPSA) is 68.9 Å². The number of anilines is 2. The molecule has 6 heteroatoms. The van der Waals surface area contributed by atoms with E-state index in [0.29, 0.717) is 11.4 Å². The molecule has 1 saturated carbocycles. The second-order valence-electron chi connectivity index (χ2n) is 6.97. The zero-order valence-corrected chi connectivity index (χ0v) is 15.0. The standard InChI is InChI=1S/C20H22N4O2/c1-13(25)14-6-5-7-15(10-14)22-19-11-17-18(12-21-19)23(2)20(26)24(17)16-8-3-4-9-16/h5-7,10-12,16H,3-4,8-9H2,1-2H3,(H,21,22). The first kappa shape index (κ1) is 16.6. The first-order valence-electron chi connectivity index (χ1n) is 8.99. The smallest absolute Gasteiger partial charge is 0.329 e. The maximum absolute atomic E-state index is 12.7. The summed E-state index contributed by atoms with van der Waals surface area (Å²) in [5.74, 6) is 0.686. The molecular weight excluding hydrogens is 328 g/mol. The van der Waals surface area contributed by atoms with E-state index in [2.05, 4.69) is 10.3 Å². The van der Waals surface area contributed by atoms with Crippen LogP contribution >= 0.6 is 0 Å². The molecule has 134 valence electrons. The molecule has 1 N–H and O–H groups in total. The first-order valence-corrected chi connectivity index (χ1v) is 8.99. The van der Waals surface area contributed by atoms with E-state index in [-0.39, 0.29) is 17.5 Å². The Bertz CT molecular complexity index is 1040. The summed E-state index contributed by atoms with van der Waals surface area (Å²) in [5.41, 5.74) is 3.22. The molecule has 1 aromatic carbocycles. The molecule has 2 heterocycles. The summed E-state index contributed by atoms with van der Waals surface area (Å²) in [6.07, 6.45) is 6.16. The van der Waals surface area contributed by atoms with Gasteiger partial charge in [0.2, 0.25) is 0 Å². The van der Waals surface area contributed by atoms with Gasteiger partial charge in [0.15, 0.2) is 5.78 Å². The molecule has 0 aliphatic heterocycles. The van der Waals surface area contributed by atoms with Crippen molar-refractivity contribution in [2.24, 2.45) is 7.05 Å². The van der Waals surface area contributed by atoms with Crippen molar-refractivity contribution in [2.45, 2.75) is 38.6 Å². The molecule has 1 aliphatic carbocycles. The SMILES string of the molecule is CC(=O)c1cccc(Nc2cc3c(cn2)n(C)c(=O)n3C2CCCC2)c1. The highest BCUT2D eigenvalue weighted by atomic mass is 16.1. The maximum atomic E-state index is 12.7. The molecular formula is C20H22N4O2. The number of hydrogen-bond acceptors (Lipinski definition) is 4. The summed E-state index contributed by atoms with van der Waals surface area (Å²) in [6.45, 7) is 1.55. The van der Waals surface area contributed by atoms with Crippen LogP contribution in [0.25, 0.3) is 11.0 Å². The second kappa shape index (κ2) is 6.44. The maximum Gasteiger partial charge on any atom is 0.329 e. The second-order valence-corrected chi connectivity index (χ2v) is 6.97.